The lowest BCUT2D eigenvalue weighted by molar-refractivity contribution is 0.0695. The summed E-state index contributed by atoms with van der Waals surface area (Å²) >= 11 is 0. The number of aromatic carboxylic acids is 1. The molecule has 1 heterocycles. The summed E-state index contributed by atoms with van der Waals surface area (Å²) in [6, 6.07) is 9.09. The molecule has 0 unspecified atom stereocenters. The van der Waals surface area contributed by atoms with Crippen molar-refractivity contribution in [1.82, 2.24) is 9.78 Å². The van der Waals surface area contributed by atoms with Crippen molar-refractivity contribution in [2.45, 2.75) is 25.3 Å². The summed E-state index contributed by atoms with van der Waals surface area (Å²) in [6.07, 6.45) is 4.37. The van der Waals surface area contributed by atoms with Crippen LogP contribution >= 0.6 is 0 Å². The van der Waals surface area contributed by atoms with Gasteiger partial charge in [-0.1, -0.05) is 18.2 Å². The predicted molar refractivity (Wildman–Crippen MR) is 66.7 cm³/mol. The van der Waals surface area contributed by atoms with Gasteiger partial charge in [0.25, 0.3) is 0 Å². The van der Waals surface area contributed by atoms with E-state index in [9.17, 15) is 4.79 Å². The first-order valence-corrected chi connectivity index (χ1v) is 6.08. The summed E-state index contributed by atoms with van der Waals surface area (Å²) in [4.78, 5) is 11.1. The zero-order valence-electron chi connectivity index (χ0n) is 9.91. The molecule has 92 valence electrons. The molecule has 1 aliphatic rings. The molecular formula is C14H14N2O2. The topological polar surface area (TPSA) is 55.1 Å². The van der Waals surface area contributed by atoms with Gasteiger partial charge in [-0.2, -0.15) is 5.10 Å². The largest absolute Gasteiger partial charge is 0.478 e. The molecule has 4 nitrogen and oxygen atoms in total. The predicted octanol–water partition coefficient (Wildman–Crippen LogP) is 2.51. The molecule has 2 aromatic rings. The van der Waals surface area contributed by atoms with Crippen molar-refractivity contribution in [2.75, 3.05) is 0 Å². The van der Waals surface area contributed by atoms with E-state index >= 15 is 0 Å². The highest BCUT2D eigenvalue weighted by atomic mass is 16.4. The maximum Gasteiger partial charge on any atom is 0.336 e. The Labute approximate surface area is 105 Å². The molecule has 0 amide bonds. The van der Waals surface area contributed by atoms with Crippen molar-refractivity contribution in [3.63, 3.8) is 0 Å². The van der Waals surface area contributed by atoms with E-state index in [4.69, 9.17) is 5.11 Å². The van der Waals surface area contributed by atoms with Gasteiger partial charge in [-0.05, 0) is 30.5 Å². The average Bonchev–Trinajstić information content (AvgIpc) is 3.11. The quantitative estimate of drug-likeness (QED) is 0.896. The smallest absolute Gasteiger partial charge is 0.336 e. The van der Waals surface area contributed by atoms with Gasteiger partial charge >= 0.3 is 5.97 Å². The standard InChI is InChI=1S/C14H14N2O2/c17-14(18)12-4-2-1-3-11(12)9-16-8-7-13(15-16)10-5-6-10/h1-4,7-8,10H,5-6,9H2,(H,17,18). The van der Waals surface area contributed by atoms with Gasteiger partial charge in [0.2, 0.25) is 0 Å². The van der Waals surface area contributed by atoms with Crippen LogP contribution in [0.25, 0.3) is 0 Å². The van der Waals surface area contributed by atoms with Gasteiger partial charge in [-0.25, -0.2) is 4.79 Å². The molecule has 0 saturated heterocycles. The molecule has 1 aliphatic carbocycles. The SMILES string of the molecule is O=C(O)c1ccccc1Cn1ccc(C2CC2)n1. The Kier molecular flexibility index (Phi) is 2.63. The minimum absolute atomic E-state index is 0.348. The first kappa shape index (κ1) is 11.0. The van der Waals surface area contributed by atoms with Gasteiger partial charge in [-0.15, -0.1) is 0 Å². The zero-order valence-corrected chi connectivity index (χ0v) is 9.91. The van der Waals surface area contributed by atoms with Gasteiger partial charge in [0.15, 0.2) is 0 Å². The van der Waals surface area contributed by atoms with Crippen molar-refractivity contribution in [3.8, 4) is 0 Å². The van der Waals surface area contributed by atoms with Crippen LogP contribution < -0.4 is 0 Å². The molecule has 1 fully saturated rings. The number of aromatic nitrogens is 2. The van der Waals surface area contributed by atoms with Crippen LogP contribution in [0.4, 0.5) is 0 Å². The minimum Gasteiger partial charge on any atom is -0.478 e. The molecule has 1 saturated carbocycles. The van der Waals surface area contributed by atoms with Crippen LogP contribution in [0.5, 0.6) is 0 Å². The minimum atomic E-state index is -0.889. The Morgan fingerprint density at radius 3 is 2.83 bits per heavy atom. The first-order valence-electron chi connectivity index (χ1n) is 6.08. The monoisotopic (exact) mass is 242 g/mol. The van der Waals surface area contributed by atoms with E-state index in [1.54, 1.807) is 12.1 Å². The summed E-state index contributed by atoms with van der Waals surface area (Å²) in [6.45, 7) is 0.509. The van der Waals surface area contributed by atoms with Gasteiger partial charge in [0, 0.05) is 12.1 Å². The summed E-state index contributed by atoms with van der Waals surface area (Å²) < 4.78 is 1.81. The number of benzene rings is 1. The summed E-state index contributed by atoms with van der Waals surface area (Å²) in [5.74, 6) is -0.263. The molecule has 0 bridgehead atoms. The lowest BCUT2D eigenvalue weighted by Crippen LogP contribution is -2.07. The van der Waals surface area contributed by atoms with Gasteiger partial charge in [0.1, 0.15) is 0 Å². The van der Waals surface area contributed by atoms with Crippen molar-refractivity contribution in [2.24, 2.45) is 0 Å². The maximum absolute atomic E-state index is 11.1. The normalized spacial score (nSPS) is 14.7. The van der Waals surface area contributed by atoms with E-state index < -0.39 is 5.97 Å². The fourth-order valence-electron chi connectivity index (χ4n) is 2.10. The molecule has 0 radical (unpaired) electrons. The number of hydrogen-bond donors (Lipinski definition) is 1. The second kappa shape index (κ2) is 4.29. The first-order chi connectivity index (χ1) is 8.74. The highest BCUT2D eigenvalue weighted by Gasteiger charge is 2.25. The van der Waals surface area contributed by atoms with Crippen LogP contribution in [0, 0.1) is 0 Å². The molecule has 0 atom stereocenters. The van der Waals surface area contributed by atoms with Crippen LogP contribution in [-0.4, -0.2) is 20.9 Å². The Morgan fingerprint density at radius 1 is 1.33 bits per heavy atom. The third kappa shape index (κ3) is 2.14. The molecule has 0 aliphatic heterocycles. The number of carboxylic acid groups (broad SMARTS) is 1. The van der Waals surface area contributed by atoms with E-state index in [-0.39, 0.29) is 0 Å². The highest BCUT2D eigenvalue weighted by molar-refractivity contribution is 5.89. The lowest BCUT2D eigenvalue weighted by Gasteiger charge is -2.05. The Balaban J connectivity index is 1.84. The van der Waals surface area contributed by atoms with Crippen molar-refractivity contribution in [3.05, 3.63) is 53.3 Å². The molecule has 3 rings (SSSR count). The lowest BCUT2D eigenvalue weighted by atomic mass is 10.1. The van der Waals surface area contributed by atoms with Crippen LogP contribution in [0.2, 0.25) is 0 Å². The van der Waals surface area contributed by atoms with E-state index in [1.165, 1.54) is 12.8 Å². The zero-order chi connectivity index (χ0) is 12.5. The molecule has 0 spiro atoms. The van der Waals surface area contributed by atoms with E-state index in [2.05, 4.69) is 5.10 Å². The number of nitrogens with zero attached hydrogens (tertiary/aromatic N) is 2. The maximum atomic E-state index is 11.1. The number of hydrogen-bond acceptors (Lipinski definition) is 2. The Hall–Kier alpha value is -2.10. The number of carboxylic acids is 1. The number of carbonyl (C=O) groups is 1. The van der Waals surface area contributed by atoms with Crippen molar-refractivity contribution >= 4 is 5.97 Å². The van der Waals surface area contributed by atoms with Crippen molar-refractivity contribution < 1.29 is 9.90 Å². The van der Waals surface area contributed by atoms with Gasteiger partial charge in [0.05, 0.1) is 17.8 Å². The second-order valence-electron chi connectivity index (χ2n) is 4.67. The summed E-state index contributed by atoms with van der Waals surface area (Å²) in [5, 5.41) is 13.6. The van der Waals surface area contributed by atoms with Crippen LogP contribution in [0.1, 0.15) is 40.4 Å². The van der Waals surface area contributed by atoms with E-state index in [1.807, 2.05) is 29.1 Å². The van der Waals surface area contributed by atoms with E-state index in [0.29, 0.717) is 18.0 Å². The van der Waals surface area contributed by atoms with Crippen LogP contribution in [-0.2, 0) is 6.54 Å². The van der Waals surface area contributed by atoms with Gasteiger partial charge in [-0.3, -0.25) is 4.68 Å². The average molecular weight is 242 g/mol. The summed E-state index contributed by atoms with van der Waals surface area (Å²) in [7, 11) is 0. The third-order valence-corrected chi connectivity index (χ3v) is 3.24. The summed E-state index contributed by atoms with van der Waals surface area (Å²) in [5.41, 5.74) is 2.26. The second-order valence-corrected chi connectivity index (χ2v) is 4.67. The molecule has 4 heteroatoms. The highest BCUT2D eigenvalue weighted by Crippen LogP contribution is 2.38. The Morgan fingerprint density at radius 2 is 2.11 bits per heavy atom. The fraction of sp³-hybridized carbons (Fsp3) is 0.286. The third-order valence-electron chi connectivity index (χ3n) is 3.24. The van der Waals surface area contributed by atoms with E-state index in [0.717, 1.165) is 11.3 Å². The van der Waals surface area contributed by atoms with Crippen molar-refractivity contribution in [1.29, 1.82) is 0 Å². The fourth-order valence-corrected chi connectivity index (χ4v) is 2.10. The van der Waals surface area contributed by atoms with Gasteiger partial charge < -0.3 is 5.11 Å². The molecule has 1 N–H and O–H groups in total. The molecular weight excluding hydrogens is 228 g/mol. The van der Waals surface area contributed by atoms with Crippen LogP contribution in [0.15, 0.2) is 36.5 Å². The Bertz CT molecular complexity index is 585. The number of rotatable bonds is 4. The molecule has 18 heavy (non-hydrogen) atoms. The van der Waals surface area contributed by atoms with Crippen LogP contribution in [0.3, 0.4) is 0 Å². The molecule has 1 aromatic carbocycles. The molecule has 1 aromatic heterocycles.